The lowest BCUT2D eigenvalue weighted by Gasteiger charge is -2.34. The summed E-state index contributed by atoms with van der Waals surface area (Å²) in [5.41, 5.74) is 6.34. The quantitative estimate of drug-likeness (QED) is 0.883. The molecule has 1 aromatic rings. The first kappa shape index (κ1) is 11.8. The first-order valence-electron chi connectivity index (χ1n) is 5.44. The molecule has 0 aromatic heterocycles. The predicted octanol–water partition coefficient (Wildman–Crippen LogP) is 2.73. The van der Waals surface area contributed by atoms with Gasteiger partial charge in [-0.2, -0.15) is 0 Å². The van der Waals surface area contributed by atoms with Crippen molar-refractivity contribution in [2.24, 2.45) is 11.7 Å². The normalized spacial score (nSPS) is 24.2. The Bertz CT molecular complexity index is 366. The Labute approximate surface area is 99.5 Å². The smallest absolute Gasteiger partial charge is 0.142 e. The van der Waals surface area contributed by atoms with Gasteiger partial charge in [-0.15, -0.1) is 0 Å². The van der Waals surface area contributed by atoms with Gasteiger partial charge in [-0.1, -0.05) is 17.7 Å². The van der Waals surface area contributed by atoms with Gasteiger partial charge in [-0.3, -0.25) is 0 Å². The summed E-state index contributed by atoms with van der Waals surface area (Å²) in [5, 5.41) is 0.149. The number of hydrogen-bond donors (Lipinski definition) is 1. The predicted molar refractivity (Wildman–Crippen MR) is 61.8 cm³/mol. The first-order chi connectivity index (χ1) is 7.69. The van der Waals surface area contributed by atoms with Gasteiger partial charge in [0.05, 0.1) is 17.7 Å². The standard InChI is InChI=1S/C12H15ClFNO/c13-11-2-1-8(5-12(11)14)7-16-10-3-9(4-10)6-15/h1-2,5,9-10H,3-4,6-7,15H2. The Hall–Kier alpha value is -0.640. The molecule has 88 valence electrons. The van der Waals surface area contributed by atoms with E-state index in [9.17, 15) is 4.39 Å². The maximum atomic E-state index is 13.1. The fourth-order valence-electron chi connectivity index (χ4n) is 1.85. The Balaban J connectivity index is 1.80. The van der Waals surface area contributed by atoms with Crippen LogP contribution in [0.1, 0.15) is 18.4 Å². The van der Waals surface area contributed by atoms with Crippen LogP contribution in [0.15, 0.2) is 18.2 Å². The van der Waals surface area contributed by atoms with Crippen molar-refractivity contribution < 1.29 is 9.13 Å². The fraction of sp³-hybridized carbons (Fsp3) is 0.500. The van der Waals surface area contributed by atoms with Crippen LogP contribution in [-0.2, 0) is 11.3 Å². The van der Waals surface area contributed by atoms with Gasteiger partial charge in [0.25, 0.3) is 0 Å². The molecule has 0 radical (unpaired) electrons. The summed E-state index contributed by atoms with van der Waals surface area (Å²) in [4.78, 5) is 0. The summed E-state index contributed by atoms with van der Waals surface area (Å²) in [6, 6.07) is 4.75. The number of halogens is 2. The fourth-order valence-corrected chi connectivity index (χ4v) is 1.96. The number of rotatable bonds is 4. The van der Waals surface area contributed by atoms with Crippen LogP contribution in [0.4, 0.5) is 4.39 Å². The van der Waals surface area contributed by atoms with Crippen LogP contribution in [0.3, 0.4) is 0 Å². The van der Waals surface area contributed by atoms with Crippen molar-refractivity contribution in [1.29, 1.82) is 0 Å². The van der Waals surface area contributed by atoms with E-state index in [0.717, 1.165) is 24.9 Å². The maximum Gasteiger partial charge on any atom is 0.142 e. The van der Waals surface area contributed by atoms with Gasteiger partial charge in [0.2, 0.25) is 0 Å². The average molecular weight is 244 g/mol. The molecule has 0 unspecified atom stereocenters. The number of hydrogen-bond acceptors (Lipinski definition) is 2. The highest BCUT2D eigenvalue weighted by molar-refractivity contribution is 6.30. The van der Waals surface area contributed by atoms with Crippen LogP contribution in [-0.4, -0.2) is 12.6 Å². The third-order valence-electron chi connectivity index (χ3n) is 3.00. The minimum absolute atomic E-state index is 0.149. The van der Waals surface area contributed by atoms with E-state index in [-0.39, 0.29) is 11.1 Å². The molecule has 1 aliphatic carbocycles. The van der Waals surface area contributed by atoms with Crippen molar-refractivity contribution in [2.45, 2.75) is 25.6 Å². The van der Waals surface area contributed by atoms with E-state index in [0.29, 0.717) is 12.5 Å². The third-order valence-corrected chi connectivity index (χ3v) is 3.30. The minimum atomic E-state index is -0.392. The molecule has 2 nitrogen and oxygen atoms in total. The van der Waals surface area contributed by atoms with Crippen molar-refractivity contribution >= 4 is 11.6 Å². The van der Waals surface area contributed by atoms with Crippen LogP contribution < -0.4 is 5.73 Å². The van der Waals surface area contributed by atoms with Crippen molar-refractivity contribution in [3.05, 3.63) is 34.6 Å². The van der Waals surface area contributed by atoms with Gasteiger partial charge in [0.15, 0.2) is 0 Å². The third kappa shape index (κ3) is 2.73. The molecular weight excluding hydrogens is 229 g/mol. The SMILES string of the molecule is NCC1CC(OCc2ccc(Cl)c(F)c2)C1. The molecule has 0 atom stereocenters. The van der Waals surface area contributed by atoms with Crippen LogP contribution in [0.25, 0.3) is 0 Å². The second kappa shape index (κ2) is 5.13. The highest BCUT2D eigenvalue weighted by atomic mass is 35.5. The van der Waals surface area contributed by atoms with Crippen LogP contribution >= 0.6 is 11.6 Å². The van der Waals surface area contributed by atoms with Gasteiger partial charge in [0.1, 0.15) is 5.82 Å². The molecular formula is C12H15ClFNO. The first-order valence-corrected chi connectivity index (χ1v) is 5.82. The zero-order valence-electron chi connectivity index (χ0n) is 8.96. The molecule has 0 amide bonds. The molecule has 0 bridgehead atoms. The summed E-state index contributed by atoms with van der Waals surface area (Å²) >= 11 is 5.59. The van der Waals surface area contributed by atoms with Gasteiger partial charge < -0.3 is 10.5 Å². The molecule has 0 aliphatic heterocycles. The summed E-state index contributed by atoms with van der Waals surface area (Å²) < 4.78 is 18.7. The van der Waals surface area contributed by atoms with Crippen molar-refractivity contribution in [3.63, 3.8) is 0 Å². The molecule has 2 rings (SSSR count). The molecule has 16 heavy (non-hydrogen) atoms. The van der Waals surface area contributed by atoms with Crippen LogP contribution in [0, 0.1) is 11.7 Å². The molecule has 0 spiro atoms. The highest BCUT2D eigenvalue weighted by Gasteiger charge is 2.28. The van der Waals surface area contributed by atoms with Gasteiger partial charge in [-0.25, -0.2) is 4.39 Å². The minimum Gasteiger partial charge on any atom is -0.374 e. The Morgan fingerprint density at radius 3 is 2.81 bits per heavy atom. The number of nitrogens with two attached hydrogens (primary N) is 1. The van der Waals surface area contributed by atoms with Gasteiger partial charge in [0, 0.05) is 0 Å². The monoisotopic (exact) mass is 243 g/mol. The van der Waals surface area contributed by atoms with Crippen molar-refractivity contribution in [1.82, 2.24) is 0 Å². The van der Waals surface area contributed by atoms with Crippen LogP contribution in [0.2, 0.25) is 5.02 Å². The highest BCUT2D eigenvalue weighted by Crippen LogP contribution is 2.29. The van der Waals surface area contributed by atoms with E-state index in [1.165, 1.54) is 6.07 Å². The largest absolute Gasteiger partial charge is 0.374 e. The van der Waals surface area contributed by atoms with E-state index < -0.39 is 5.82 Å². The molecule has 2 N–H and O–H groups in total. The molecule has 1 aromatic carbocycles. The van der Waals surface area contributed by atoms with E-state index >= 15 is 0 Å². The summed E-state index contributed by atoms with van der Waals surface area (Å²) in [6.45, 7) is 1.17. The average Bonchev–Trinajstić information content (AvgIpc) is 2.21. The lowest BCUT2D eigenvalue weighted by molar-refractivity contribution is -0.0376. The van der Waals surface area contributed by atoms with E-state index in [4.69, 9.17) is 22.1 Å². The molecule has 1 saturated carbocycles. The van der Waals surface area contributed by atoms with Crippen LogP contribution in [0.5, 0.6) is 0 Å². The number of ether oxygens (including phenoxy) is 1. The summed E-state index contributed by atoms with van der Waals surface area (Å²) in [5.74, 6) is 0.211. The second-order valence-electron chi connectivity index (χ2n) is 4.25. The maximum absolute atomic E-state index is 13.1. The number of benzene rings is 1. The van der Waals surface area contributed by atoms with E-state index in [2.05, 4.69) is 0 Å². The molecule has 0 saturated heterocycles. The lowest BCUT2D eigenvalue weighted by atomic mass is 9.82. The van der Waals surface area contributed by atoms with Gasteiger partial charge >= 0.3 is 0 Å². The van der Waals surface area contributed by atoms with Crippen molar-refractivity contribution in [2.75, 3.05) is 6.54 Å². The second-order valence-corrected chi connectivity index (χ2v) is 4.66. The summed E-state index contributed by atoms with van der Waals surface area (Å²) in [6.07, 6.45) is 2.33. The lowest BCUT2D eigenvalue weighted by Crippen LogP contribution is -2.35. The Morgan fingerprint density at radius 2 is 2.19 bits per heavy atom. The summed E-state index contributed by atoms with van der Waals surface area (Å²) in [7, 11) is 0. The Morgan fingerprint density at radius 1 is 1.44 bits per heavy atom. The molecule has 1 aliphatic rings. The van der Waals surface area contributed by atoms with Crippen molar-refractivity contribution in [3.8, 4) is 0 Å². The molecule has 0 heterocycles. The van der Waals surface area contributed by atoms with Gasteiger partial charge in [-0.05, 0) is 43.0 Å². The Kier molecular flexibility index (Phi) is 3.79. The molecule has 1 fully saturated rings. The van der Waals surface area contributed by atoms with E-state index in [1.54, 1.807) is 12.1 Å². The van der Waals surface area contributed by atoms with E-state index in [1.807, 2.05) is 0 Å². The zero-order valence-corrected chi connectivity index (χ0v) is 9.71. The zero-order chi connectivity index (χ0) is 11.5. The topological polar surface area (TPSA) is 35.2 Å². The molecule has 4 heteroatoms.